The van der Waals surface area contributed by atoms with E-state index in [9.17, 15) is 5.11 Å². The fraction of sp³-hybridized carbons (Fsp3) is 0.647. The van der Waals surface area contributed by atoms with Crippen molar-refractivity contribution in [1.82, 2.24) is 5.32 Å². The van der Waals surface area contributed by atoms with Crippen molar-refractivity contribution in [3.63, 3.8) is 0 Å². The summed E-state index contributed by atoms with van der Waals surface area (Å²) in [6, 6.07) is 9.19. The van der Waals surface area contributed by atoms with E-state index in [1.807, 2.05) is 0 Å². The van der Waals surface area contributed by atoms with Crippen molar-refractivity contribution in [2.24, 2.45) is 11.8 Å². The average molecular weight is 293 g/mol. The molecular weight excluding hydrogens is 266 g/mol. The average Bonchev–Trinajstić information content (AvgIpc) is 2.53. The molecule has 1 aromatic carbocycles. The molecule has 1 aromatic rings. The topological polar surface area (TPSA) is 32.3 Å². The molecule has 0 bridgehead atoms. The van der Waals surface area contributed by atoms with Crippen LogP contribution in [-0.2, 0) is 0 Å². The van der Waals surface area contributed by atoms with Crippen LogP contribution in [-0.4, -0.2) is 24.5 Å². The van der Waals surface area contributed by atoms with Gasteiger partial charge in [-0.25, -0.2) is 0 Å². The Hall–Kier alpha value is -0.510. The van der Waals surface area contributed by atoms with Crippen LogP contribution in [0.2, 0.25) is 0 Å². The van der Waals surface area contributed by atoms with Gasteiger partial charge in [0.1, 0.15) is 0 Å². The van der Waals surface area contributed by atoms with Gasteiger partial charge in [0.15, 0.2) is 0 Å². The molecule has 20 heavy (non-hydrogen) atoms. The number of thioether (sulfide) groups is 1. The van der Waals surface area contributed by atoms with Gasteiger partial charge in [0.25, 0.3) is 0 Å². The molecule has 1 fully saturated rings. The fourth-order valence-corrected chi connectivity index (χ4v) is 3.54. The van der Waals surface area contributed by atoms with E-state index in [1.165, 1.54) is 36.1 Å². The lowest BCUT2D eigenvalue weighted by molar-refractivity contribution is 0.131. The smallest absolute Gasteiger partial charge is 0.0462 e. The van der Waals surface area contributed by atoms with Gasteiger partial charge in [-0.15, -0.1) is 11.8 Å². The number of hydrogen-bond acceptors (Lipinski definition) is 3. The monoisotopic (exact) mass is 293 g/mol. The molecular formula is C17H27NOS. The summed E-state index contributed by atoms with van der Waals surface area (Å²) in [5.41, 5.74) is 1.35. The molecule has 2 N–H and O–H groups in total. The molecule has 0 radical (unpaired) electrons. The molecule has 112 valence electrons. The number of hydrogen-bond donors (Lipinski definition) is 2. The molecule has 2 nitrogen and oxygen atoms in total. The van der Waals surface area contributed by atoms with E-state index >= 15 is 0 Å². The standard InChI is InChI=1S/C17H27NOS/c1-13(14-7-9-17(20-2)10-8-14)18-11-15-5-3-4-6-16(15)12-19/h7-10,13,15-16,18-19H,3-6,11-12H2,1-2H3. The molecule has 0 amide bonds. The SMILES string of the molecule is CSc1ccc(C(C)NCC2CCCCC2CO)cc1. The van der Waals surface area contributed by atoms with E-state index in [0.29, 0.717) is 24.5 Å². The number of aliphatic hydroxyl groups excluding tert-OH is 1. The Kier molecular flexibility index (Phi) is 6.40. The Morgan fingerprint density at radius 2 is 1.85 bits per heavy atom. The van der Waals surface area contributed by atoms with E-state index in [1.54, 1.807) is 11.8 Å². The highest BCUT2D eigenvalue weighted by atomic mass is 32.2. The maximum atomic E-state index is 9.47. The van der Waals surface area contributed by atoms with Gasteiger partial charge in [-0.05, 0) is 62.1 Å². The van der Waals surface area contributed by atoms with Crippen molar-refractivity contribution >= 4 is 11.8 Å². The summed E-state index contributed by atoms with van der Waals surface area (Å²) in [4.78, 5) is 1.31. The van der Waals surface area contributed by atoms with Gasteiger partial charge in [-0.2, -0.15) is 0 Å². The van der Waals surface area contributed by atoms with Crippen LogP contribution < -0.4 is 5.32 Å². The first-order valence-corrected chi connectivity index (χ1v) is 8.95. The minimum atomic E-state index is 0.350. The Balaban J connectivity index is 1.85. The first-order valence-electron chi connectivity index (χ1n) is 7.72. The second kappa shape index (κ2) is 8.06. The second-order valence-corrected chi connectivity index (χ2v) is 6.77. The lowest BCUT2D eigenvalue weighted by atomic mass is 9.79. The number of aliphatic hydroxyl groups is 1. The summed E-state index contributed by atoms with van der Waals surface area (Å²) >= 11 is 1.78. The first kappa shape index (κ1) is 15.9. The van der Waals surface area contributed by atoms with Crippen molar-refractivity contribution in [2.45, 2.75) is 43.5 Å². The van der Waals surface area contributed by atoms with Crippen LogP contribution in [0.1, 0.15) is 44.2 Å². The zero-order valence-corrected chi connectivity index (χ0v) is 13.5. The Morgan fingerprint density at radius 3 is 2.45 bits per heavy atom. The van der Waals surface area contributed by atoms with E-state index in [2.05, 4.69) is 42.8 Å². The lowest BCUT2D eigenvalue weighted by Gasteiger charge is -2.31. The van der Waals surface area contributed by atoms with Crippen LogP contribution in [0.5, 0.6) is 0 Å². The molecule has 1 aliphatic carbocycles. The summed E-state index contributed by atoms with van der Waals surface area (Å²) in [6.07, 6.45) is 7.16. The molecule has 0 spiro atoms. The molecule has 2 rings (SSSR count). The summed E-state index contributed by atoms with van der Waals surface area (Å²) in [5.74, 6) is 1.14. The number of rotatable bonds is 6. The molecule has 0 saturated heterocycles. The zero-order valence-electron chi connectivity index (χ0n) is 12.6. The highest BCUT2D eigenvalue weighted by molar-refractivity contribution is 7.98. The van der Waals surface area contributed by atoms with Gasteiger partial charge in [-0.1, -0.05) is 25.0 Å². The zero-order chi connectivity index (χ0) is 14.4. The van der Waals surface area contributed by atoms with Crippen molar-refractivity contribution in [3.05, 3.63) is 29.8 Å². The summed E-state index contributed by atoms with van der Waals surface area (Å²) in [6.45, 7) is 3.60. The molecule has 1 saturated carbocycles. The molecule has 0 aromatic heterocycles. The molecule has 3 unspecified atom stereocenters. The summed E-state index contributed by atoms with van der Waals surface area (Å²) in [5, 5.41) is 13.1. The molecule has 3 heteroatoms. The van der Waals surface area contributed by atoms with E-state index < -0.39 is 0 Å². The maximum Gasteiger partial charge on any atom is 0.0462 e. The third kappa shape index (κ3) is 4.24. The van der Waals surface area contributed by atoms with Gasteiger partial charge < -0.3 is 10.4 Å². The van der Waals surface area contributed by atoms with Crippen LogP contribution in [0, 0.1) is 11.8 Å². The van der Waals surface area contributed by atoms with Crippen molar-refractivity contribution < 1.29 is 5.11 Å². The minimum Gasteiger partial charge on any atom is -0.396 e. The van der Waals surface area contributed by atoms with E-state index in [4.69, 9.17) is 0 Å². The Bertz CT molecular complexity index is 392. The minimum absolute atomic E-state index is 0.350. The quantitative estimate of drug-likeness (QED) is 0.781. The van der Waals surface area contributed by atoms with Crippen LogP contribution in [0.25, 0.3) is 0 Å². The van der Waals surface area contributed by atoms with Crippen LogP contribution in [0.15, 0.2) is 29.2 Å². The van der Waals surface area contributed by atoms with Gasteiger partial charge in [0, 0.05) is 17.5 Å². The first-order chi connectivity index (χ1) is 9.74. The Morgan fingerprint density at radius 1 is 1.20 bits per heavy atom. The number of nitrogens with one attached hydrogen (secondary N) is 1. The second-order valence-electron chi connectivity index (χ2n) is 5.89. The van der Waals surface area contributed by atoms with E-state index in [0.717, 1.165) is 6.54 Å². The lowest BCUT2D eigenvalue weighted by Crippen LogP contribution is -2.33. The third-order valence-corrected chi connectivity index (χ3v) is 5.35. The maximum absolute atomic E-state index is 9.47. The fourth-order valence-electron chi connectivity index (χ4n) is 3.13. The molecule has 3 atom stereocenters. The summed E-state index contributed by atoms with van der Waals surface area (Å²) < 4.78 is 0. The largest absolute Gasteiger partial charge is 0.396 e. The highest BCUT2D eigenvalue weighted by Gasteiger charge is 2.24. The van der Waals surface area contributed by atoms with Crippen molar-refractivity contribution in [2.75, 3.05) is 19.4 Å². The molecule has 0 heterocycles. The van der Waals surface area contributed by atoms with Crippen LogP contribution in [0.3, 0.4) is 0 Å². The number of benzene rings is 1. The van der Waals surface area contributed by atoms with Gasteiger partial charge in [0.2, 0.25) is 0 Å². The van der Waals surface area contributed by atoms with Gasteiger partial charge in [0.05, 0.1) is 0 Å². The van der Waals surface area contributed by atoms with E-state index in [-0.39, 0.29) is 0 Å². The van der Waals surface area contributed by atoms with Gasteiger partial charge in [-0.3, -0.25) is 0 Å². The predicted molar refractivity (Wildman–Crippen MR) is 87.2 cm³/mol. The van der Waals surface area contributed by atoms with Gasteiger partial charge >= 0.3 is 0 Å². The summed E-state index contributed by atoms with van der Waals surface area (Å²) in [7, 11) is 0. The molecule has 1 aliphatic rings. The third-order valence-electron chi connectivity index (χ3n) is 4.60. The predicted octanol–water partition coefficient (Wildman–Crippen LogP) is 3.86. The van der Waals surface area contributed by atoms with Crippen molar-refractivity contribution in [3.8, 4) is 0 Å². The Labute approximate surface area is 127 Å². The normalized spacial score (nSPS) is 24.6. The van der Waals surface area contributed by atoms with Crippen LogP contribution >= 0.6 is 11.8 Å². The van der Waals surface area contributed by atoms with Crippen LogP contribution in [0.4, 0.5) is 0 Å². The molecule has 0 aliphatic heterocycles. The highest BCUT2D eigenvalue weighted by Crippen LogP contribution is 2.29. The van der Waals surface area contributed by atoms with Crippen molar-refractivity contribution in [1.29, 1.82) is 0 Å².